The van der Waals surface area contributed by atoms with Crippen LogP contribution in [0.25, 0.3) is 0 Å². The number of unbranched alkanes of at least 4 members (excludes halogenated alkanes) is 18. The summed E-state index contributed by atoms with van der Waals surface area (Å²) < 4.78 is 33.8. The number of carbonyl (C=O) groups excluding carboxylic acids is 2. The number of nitrogens with zero attached hydrogens (tertiary/aromatic N) is 1. The number of quaternary nitrogens is 1. The minimum absolute atomic E-state index is 0.0420. The monoisotopic (exact) mass is 808 g/mol. The maximum absolute atomic E-state index is 12.6. The molecule has 0 aliphatic rings. The van der Waals surface area contributed by atoms with Gasteiger partial charge in [0.25, 0.3) is 7.82 Å². The number of ether oxygens (including phenoxy) is 2. The van der Waals surface area contributed by atoms with E-state index in [9.17, 15) is 19.0 Å². The molecule has 0 saturated heterocycles. The molecular formula is C46H82NO8P. The first-order valence-corrected chi connectivity index (χ1v) is 23.5. The third-order valence-corrected chi connectivity index (χ3v) is 10.1. The molecule has 0 radical (unpaired) electrons. The predicted molar refractivity (Wildman–Crippen MR) is 231 cm³/mol. The molecule has 0 aromatic rings. The average Bonchev–Trinajstić information content (AvgIpc) is 3.15. The van der Waals surface area contributed by atoms with Crippen LogP contribution in [0.1, 0.15) is 168 Å². The van der Waals surface area contributed by atoms with Crippen LogP contribution in [0.3, 0.4) is 0 Å². The van der Waals surface area contributed by atoms with Crippen LogP contribution in [0.15, 0.2) is 60.8 Å². The molecule has 0 aromatic carbocycles. The molecule has 2 atom stereocenters. The van der Waals surface area contributed by atoms with Gasteiger partial charge in [0.1, 0.15) is 19.8 Å². The molecule has 9 nitrogen and oxygen atoms in total. The second-order valence-electron chi connectivity index (χ2n) is 15.8. The molecule has 10 heteroatoms. The Balaban J connectivity index is 4.37. The summed E-state index contributed by atoms with van der Waals surface area (Å²) in [4.78, 5) is 37.5. The van der Waals surface area contributed by atoms with Gasteiger partial charge < -0.3 is 27.9 Å². The zero-order valence-electron chi connectivity index (χ0n) is 36.3. The zero-order chi connectivity index (χ0) is 41.4. The summed E-state index contributed by atoms with van der Waals surface area (Å²) in [7, 11) is 1.13. The lowest BCUT2D eigenvalue weighted by atomic mass is 10.1. The second kappa shape index (κ2) is 38.2. The summed E-state index contributed by atoms with van der Waals surface area (Å²) in [6.45, 7) is 4.02. The van der Waals surface area contributed by atoms with Crippen molar-refractivity contribution in [3.63, 3.8) is 0 Å². The summed E-state index contributed by atoms with van der Waals surface area (Å²) >= 11 is 0. The molecule has 0 saturated carbocycles. The number of esters is 2. The molecule has 0 aliphatic carbocycles. The van der Waals surface area contributed by atoms with Crippen molar-refractivity contribution in [2.24, 2.45) is 0 Å². The summed E-state index contributed by atoms with van der Waals surface area (Å²) in [6, 6.07) is 0. The van der Waals surface area contributed by atoms with Crippen LogP contribution < -0.4 is 4.89 Å². The zero-order valence-corrected chi connectivity index (χ0v) is 37.2. The molecule has 0 heterocycles. The van der Waals surface area contributed by atoms with Crippen LogP contribution in [-0.2, 0) is 32.7 Å². The van der Waals surface area contributed by atoms with Crippen LogP contribution in [0, 0.1) is 0 Å². The van der Waals surface area contributed by atoms with E-state index in [2.05, 4.69) is 38.2 Å². The number of allylic oxidation sites excluding steroid dienone is 10. The van der Waals surface area contributed by atoms with E-state index in [4.69, 9.17) is 18.5 Å². The van der Waals surface area contributed by atoms with Crippen LogP contribution in [0.4, 0.5) is 0 Å². The van der Waals surface area contributed by atoms with Crippen molar-refractivity contribution in [3.8, 4) is 0 Å². The Kier molecular flexibility index (Phi) is 36.7. The fourth-order valence-electron chi connectivity index (χ4n) is 5.66. The average molecular weight is 808 g/mol. The van der Waals surface area contributed by atoms with E-state index in [1.54, 1.807) is 0 Å². The summed E-state index contributed by atoms with van der Waals surface area (Å²) in [6.07, 6.45) is 45.4. The molecule has 0 amide bonds. The SMILES string of the molecule is CC/C=C/C=C/C=C/C=C/CCCCCC(=O)OC(COC(=O)CCCCCCCCC/C=C/CCCCCCCCCC)COP(=O)([O-])OCC[N+](C)(C)C. The first kappa shape index (κ1) is 53.7. The van der Waals surface area contributed by atoms with Gasteiger partial charge in [-0.15, -0.1) is 0 Å². The Morgan fingerprint density at radius 3 is 1.59 bits per heavy atom. The topological polar surface area (TPSA) is 111 Å². The van der Waals surface area contributed by atoms with Crippen molar-refractivity contribution in [2.45, 2.75) is 174 Å². The summed E-state index contributed by atoms with van der Waals surface area (Å²) in [5.41, 5.74) is 0. The molecule has 0 N–H and O–H groups in total. The molecule has 56 heavy (non-hydrogen) atoms. The van der Waals surface area contributed by atoms with Crippen molar-refractivity contribution in [3.05, 3.63) is 60.8 Å². The van der Waals surface area contributed by atoms with Crippen molar-refractivity contribution in [1.29, 1.82) is 0 Å². The molecule has 0 aromatic heterocycles. The minimum atomic E-state index is -4.64. The third-order valence-electron chi connectivity index (χ3n) is 9.12. The first-order valence-electron chi connectivity index (χ1n) is 22.0. The Morgan fingerprint density at radius 2 is 1.04 bits per heavy atom. The molecule has 0 bridgehead atoms. The first-order chi connectivity index (χ1) is 27.0. The lowest BCUT2D eigenvalue weighted by Crippen LogP contribution is -2.37. The van der Waals surface area contributed by atoms with Gasteiger partial charge in [-0.1, -0.05) is 158 Å². The number of phosphoric ester groups is 1. The number of hydrogen-bond donors (Lipinski definition) is 0. The highest BCUT2D eigenvalue weighted by Gasteiger charge is 2.21. The number of likely N-dealkylation sites (N-methyl/N-ethyl adjacent to an activating group) is 1. The predicted octanol–water partition coefficient (Wildman–Crippen LogP) is 11.8. The van der Waals surface area contributed by atoms with E-state index in [0.29, 0.717) is 17.4 Å². The Morgan fingerprint density at radius 1 is 0.571 bits per heavy atom. The number of rotatable bonds is 39. The van der Waals surface area contributed by atoms with Gasteiger partial charge in [0.05, 0.1) is 27.7 Å². The standard InChI is InChI=1S/C46H82NO8P/c1-6-8-10-12-14-16-18-20-21-22-23-24-25-27-28-30-32-34-36-38-45(48)52-42-44(43-54-56(50,51)53-41-40-47(3,4)5)55-46(49)39-37-35-33-31-29-26-19-17-15-13-11-9-7-2/h9,11,13,15,17,19,22-23,26,29,44H,6-8,10,12,14,16,18,20-21,24-25,27-28,30-43H2,1-5H3/b11-9+,15-13+,19-17+,23-22+,29-26+. The lowest BCUT2D eigenvalue weighted by Gasteiger charge is -2.28. The maximum atomic E-state index is 12.6. The van der Waals surface area contributed by atoms with Gasteiger partial charge >= 0.3 is 11.9 Å². The molecule has 2 unspecified atom stereocenters. The number of hydrogen-bond acceptors (Lipinski definition) is 8. The van der Waals surface area contributed by atoms with E-state index < -0.39 is 32.5 Å². The fourth-order valence-corrected chi connectivity index (χ4v) is 6.39. The van der Waals surface area contributed by atoms with Crippen molar-refractivity contribution < 1.29 is 42.1 Å². The maximum Gasteiger partial charge on any atom is 0.306 e. The summed E-state index contributed by atoms with van der Waals surface area (Å²) in [5, 5.41) is 0. The third kappa shape index (κ3) is 41.3. The highest BCUT2D eigenvalue weighted by atomic mass is 31.2. The van der Waals surface area contributed by atoms with E-state index in [0.717, 1.165) is 57.8 Å². The quantitative estimate of drug-likeness (QED) is 0.0151. The lowest BCUT2D eigenvalue weighted by molar-refractivity contribution is -0.870. The molecule has 324 valence electrons. The summed E-state index contributed by atoms with van der Waals surface area (Å²) in [5.74, 6) is -0.889. The Bertz CT molecular complexity index is 1140. The van der Waals surface area contributed by atoms with Crippen LogP contribution in [-0.4, -0.2) is 70.0 Å². The van der Waals surface area contributed by atoms with Crippen molar-refractivity contribution >= 4 is 19.8 Å². The van der Waals surface area contributed by atoms with Gasteiger partial charge in [-0.05, 0) is 57.8 Å². The minimum Gasteiger partial charge on any atom is -0.756 e. The van der Waals surface area contributed by atoms with Gasteiger partial charge in [-0.3, -0.25) is 14.2 Å². The largest absolute Gasteiger partial charge is 0.756 e. The van der Waals surface area contributed by atoms with Gasteiger partial charge in [0.2, 0.25) is 0 Å². The number of phosphoric acid groups is 1. The van der Waals surface area contributed by atoms with E-state index >= 15 is 0 Å². The normalized spacial score (nSPS) is 14.2. The highest BCUT2D eigenvalue weighted by Crippen LogP contribution is 2.38. The van der Waals surface area contributed by atoms with Crippen LogP contribution in [0.5, 0.6) is 0 Å². The highest BCUT2D eigenvalue weighted by molar-refractivity contribution is 7.45. The fraction of sp³-hybridized carbons (Fsp3) is 0.739. The second-order valence-corrected chi connectivity index (χ2v) is 17.2. The molecule has 0 aliphatic heterocycles. The Hall–Kier alpha value is -2.29. The van der Waals surface area contributed by atoms with Crippen LogP contribution >= 0.6 is 7.82 Å². The van der Waals surface area contributed by atoms with E-state index in [1.807, 2.05) is 57.6 Å². The van der Waals surface area contributed by atoms with E-state index in [1.165, 1.54) is 77.0 Å². The van der Waals surface area contributed by atoms with Gasteiger partial charge in [0.15, 0.2) is 6.10 Å². The van der Waals surface area contributed by atoms with Gasteiger partial charge in [-0.2, -0.15) is 0 Å². The van der Waals surface area contributed by atoms with E-state index in [-0.39, 0.29) is 26.1 Å². The molecule has 0 rings (SSSR count). The molecule has 0 spiro atoms. The molecular weight excluding hydrogens is 725 g/mol. The smallest absolute Gasteiger partial charge is 0.306 e. The van der Waals surface area contributed by atoms with Crippen molar-refractivity contribution in [2.75, 3.05) is 47.5 Å². The number of carbonyl (C=O) groups is 2. The molecule has 0 fully saturated rings. The van der Waals surface area contributed by atoms with Crippen LogP contribution in [0.2, 0.25) is 0 Å². The Labute approximate surface area is 343 Å². The van der Waals surface area contributed by atoms with Gasteiger partial charge in [-0.25, -0.2) is 0 Å². The van der Waals surface area contributed by atoms with Gasteiger partial charge in [0, 0.05) is 12.8 Å². The van der Waals surface area contributed by atoms with Crippen molar-refractivity contribution in [1.82, 2.24) is 0 Å².